The fourth-order valence-electron chi connectivity index (χ4n) is 5.03. The Balaban J connectivity index is 1.48. The number of likely N-dealkylation sites (tertiary alicyclic amines) is 1. The van der Waals surface area contributed by atoms with Crippen LogP contribution in [0, 0.1) is 0 Å². The second-order valence-corrected chi connectivity index (χ2v) is 12.3. The third kappa shape index (κ3) is 6.43. The summed E-state index contributed by atoms with van der Waals surface area (Å²) in [7, 11) is -1.83. The van der Waals surface area contributed by atoms with Crippen LogP contribution < -0.4 is 15.2 Å². The monoisotopic (exact) mass is 557 g/mol. The molecule has 1 aromatic heterocycles. The zero-order valence-corrected chi connectivity index (χ0v) is 23.9. The Kier molecular flexibility index (Phi) is 8.04. The number of benzene rings is 3. The summed E-state index contributed by atoms with van der Waals surface area (Å²) in [6.07, 6.45) is 2.27. The van der Waals surface area contributed by atoms with Gasteiger partial charge in [0.25, 0.3) is 10.0 Å². The van der Waals surface area contributed by atoms with Gasteiger partial charge in [-0.1, -0.05) is 56.3 Å². The van der Waals surface area contributed by atoms with E-state index >= 15 is 0 Å². The lowest BCUT2D eigenvalue weighted by atomic mass is 9.90. The number of nitrogens with zero attached hydrogens (tertiary/aromatic N) is 3. The molecule has 5 rings (SSSR count). The van der Waals surface area contributed by atoms with E-state index in [2.05, 4.69) is 52.6 Å². The summed E-state index contributed by atoms with van der Waals surface area (Å²) < 4.78 is 35.0. The summed E-state index contributed by atoms with van der Waals surface area (Å²) in [4.78, 5) is 11.4. The maximum absolute atomic E-state index is 13.2. The molecule has 1 aliphatic rings. The smallest absolute Gasteiger partial charge is 0.264 e. The highest BCUT2D eigenvalue weighted by molar-refractivity contribution is 7.92. The quantitative estimate of drug-likeness (QED) is 0.246. The van der Waals surface area contributed by atoms with Gasteiger partial charge in [-0.2, -0.15) is 4.98 Å². The van der Waals surface area contributed by atoms with Crippen LogP contribution in [0.5, 0.6) is 11.6 Å². The highest BCUT2D eigenvalue weighted by atomic mass is 32.2. The van der Waals surface area contributed by atoms with Crippen LogP contribution in [0.4, 0.5) is 11.6 Å². The van der Waals surface area contributed by atoms with Crippen molar-refractivity contribution >= 4 is 21.7 Å². The molecule has 0 amide bonds. The van der Waals surface area contributed by atoms with Crippen LogP contribution >= 0.6 is 0 Å². The number of rotatable bonds is 8. The first-order valence-electron chi connectivity index (χ1n) is 13.5. The first-order chi connectivity index (χ1) is 19.2. The number of anilines is 2. The lowest BCUT2D eigenvalue weighted by Crippen LogP contribution is -2.29. The van der Waals surface area contributed by atoms with Gasteiger partial charge < -0.3 is 15.4 Å². The molecule has 3 N–H and O–H groups in total. The topological polar surface area (TPSA) is 110 Å². The van der Waals surface area contributed by atoms with Gasteiger partial charge in [-0.05, 0) is 86.3 Å². The summed E-state index contributed by atoms with van der Waals surface area (Å²) in [5.74, 6) is 1.53. The molecule has 9 heteroatoms. The molecule has 3 aromatic carbocycles. The van der Waals surface area contributed by atoms with E-state index in [1.165, 1.54) is 17.7 Å². The van der Waals surface area contributed by atoms with Crippen molar-refractivity contribution in [1.29, 1.82) is 0 Å². The first kappa shape index (κ1) is 27.6. The first-order valence-corrected chi connectivity index (χ1v) is 15.0. The maximum atomic E-state index is 13.2. The van der Waals surface area contributed by atoms with Crippen LogP contribution in [0.1, 0.15) is 49.7 Å². The molecule has 1 aliphatic heterocycles. The van der Waals surface area contributed by atoms with Crippen molar-refractivity contribution in [3.63, 3.8) is 0 Å². The largest absolute Gasteiger partial charge is 0.439 e. The van der Waals surface area contributed by atoms with Gasteiger partial charge in [0.15, 0.2) is 0 Å². The number of sulfonamides is 1. The predicted molar refractivity (Wildman–Crippen MR) is 159 cm³/mol. The highest BCUT2D eigenvalue weighted by Gasteiger charge is 2.21. The zero-order chi connectivity index (χ0) is 28.3. The third-order valence-corrected chi connectivity index (χ3v) is 8.57. The molecule has 0 atom stereocenters. The number of piperidine rings is 1. The van der Waals surface area contributed by atoms with Gasteiger partial charge >= 0.3 is 0 Å². The molecule has 0 spiro atoms. The fraction of sp³-hybridized carbons (Fsp3) is 0.290. The van der Waals surface area contributed by atoms with Gasteiger partial charge in [-0.25, -0.2) is 18.1 Å². The minimum Gasteiger partial charge on any atom is -0.439 e. The molecule has 40 heavy (non-hydrogen) atoms. The van der Waals surface area contributed by atoms with Crippen LogP contribution in [0.2, 0.25) is 0 Å². The third-order valence-electron chi connectivity index (χ3n) is 7.25. The standard InChI is InChI=1S/C31H35N5O3S/c1-21(2)27-9-4-5-10-28(27)29-20-30(34-31(33-29)35-40(37,38)26-8-6-7-24(32)19-26)39-25-13-11-22(12-14-25)23-15-17-36(3)18-16-23/h4-14,19-21,23H,15-18,32H2,1-3H3,(H,33,34,35). The predicted octanol–water partition coefficient (Wildman–Crippen LogP) is 6.25. The number of ether oxygens (including phenoxy) is 1. The van der Waals surface area contributed by atoms with E-state index in [-0.39, 0.29) is 22.6 Å². The number of hydrogen-bond donors (Lipinski definition) is 2. The fourth-order valence-corrected chi connectivity index (χ4v) is 6.02. The van der Waals surface area contributed by atoms with Gasteiger partial charge in [0.05, 0.1) is 10.6 Å². The molecular weight excluding hydrogens is 522 g/mol. The molecule has 1 fully saturated rings. The summed E-state index contributed by atoms with van der Waals surface area (Å²) in [6.45, 7) is 6.40. The van der Waals surface area contributed by atoms with Crippen LogP contribution in [0.3, 0.4) is 0 Å². The zero-order valence-electron chi connectivity index (χ0n) is 23.0. The molecule has 0 aliphatic carbocycles. The average molecular weight is 558 g/mol. The molecule has 1 saturated heterocycles. The van der Waals surface area contributed by atoms with Crippen molar-refractivity contribution in [2.45, 2.75) is 43.4 Å². The van der Waals surface area contributed by atoms with Crippen molar-refractivity contribution in [3.05, 3.63) is 90.0 Å². The molecular formula is C31H35N5O3S. The number of aromatic nitrogens is 2. The van der Waals surface area contributed by atoms with Gasteiger partial charge in [-0.3, -0.25) is 0 Å². The molecule has 0 unspecified atom stereocenters. The van der Waals surface area contributed by atoms with Crippen LogP contribution in [0.15, 0.2) is 83.8 Å². The summed E-state index contributed by atoms with van der Waals surface area (Å²) in [5.41, 5.74) is 9.98. The minimum atomic E-state index is -3.99. The van der Waals surface area contributed by atoms with Gasteiger partial charge in [0.1, 0.15) is 5.75 Å². The van der Waals surface area contributed by atoms with E-state index < -0.39 is 10.0 Å². The van der Waals surface area contributed by atoms with Crippen LogP contribution in [0.25, 0.3) is 11.3 Å². The van der Waals surface area contributed by atoms with Crippen LogP contribution in [-0.4, -0.2) is 43.4 Å². The van der Waals surface area contributed by atoms with Crippen LogP contribution in [-0.2, 0) is 10.0 Å². The Morgan fingerprint density at radius 2 is 1.68 bits per heavy atom. The Hall–Kier alpha value is -3.95. The maximum Gasteiger partial charge on any atom is 0.264 e. The Labute approximate surface area is 236 Å². The Bertz CT molecular complexity index is 1580. The summed E-state index contributed by atoms with van der Waals surface area (Å²) in [6, 6.07) is 23.8. The average Bonchev–Trinajstić information content (AvgIpc) is 2.93. The van der Waals surface area contributed by atoms with Crippen molar-refractivity contribution in [2.24, 2.45) is 0 Å². The summed E-state index contributed by atoms with van der Waals surface area (Å²) in [5, 5.41) is 0. The molecule has 2 heterocycles. The normalized spacial score (nSPS) is 14.8. The number of hydrogen-bond acceptors (Lipinski definition) is 7. The lowest BCUT2D eigenvalue weighted by molar-refractivity contribution is 0.255. The van der Waals surface area contributed by atoms with Crippen molar-refractivity contribution in [3.8, 4) is 22.9 Å². The second-order valence-electron chi connectivity index (χ2n) is 10.6. The lowest BCUT2D eigenvalue weighted by Gasteiger charge is -2.29. The van der Waals surface area contributed by atoms with Crippen molar-refractivity contribution < 1.29 is 13.2 Å². The second kappa shape index (κ2) is 11.7. The van der Waals surface area contributed by atoms with E-state index in [1.54, 1.807) is 18.2 Å². The highest BCUT2D eigenvalue weighted by Crippen LogP contribution is 2.33. The van der Waals surface area contributed by atoms with Gasteiger partial charge in [-0.15, -0.1) is 0 Å². The molecule has 8 nitrogen and oxygen atoms in total. The molecule has 4 aromatic rings. The summed E-state index contributed by atoms with van der Waals surface area (Å²) >= 11 is 0. The van der Waals surface area contributed by atoms with E-state index in [0.29, 0.717) is 23.0 Å². The van der Waals surface area contributed by atoms with Gasteiger partial charge in [0.2, 0.25) is 11.8 Å². The molecule has 0 radical (unpaired) electrons. The van der Waals surface area contributed by atoms with Crippen molar-refractivity contribution in [2.75, 3.05) is 30.6 Å². The number of nitrogens with one attached hydrogen (secondary N) is 1. The molecule has 0 bridgehead atoms. The molecule has 0 saturated carbocycles. The Morgan fingerprint density at radius 3 is 2.38 bits per heavy atom. The van der Waals surface area contributed by atoms with Gasteiger partial charge in [0, 0.05) is 17.3 Å². The Morgan fingerprint density at radius 1 is 0.950 bits per heavy atom. The number of nitrogen functional groups attached to an aromatic ring is 1. The van der Waals surface area contributed by atoms with E-state index in [4.69, 9.17) is 10.5 Å². The van der Waals surface area contributed by atoms with E-state index in [1.807, 2.05) is 36.4 Å². The molecule has 208 valence electrons. The van der Waals surface area contributed by atoms with E-state index in [9.17, 15) is 8.42 Å². The van der Waals surface area contributed by atoms with Crippen molar-refractivity contribution in [1.82, 2.24) is 14.9 Å². The number of nitrogens with two attached hydrogens (primary N) is 1. The minimum absolute atomic E-state index is 0.0241. The van der Waals surface area contributed by atoms with E-state index in [0.717, 1.165) is 37.1 Å². The SMILES string of the molecule is CC(C)c1ccccc1-c1cc(Oc2ccc(C3CCN(C)CC3)cc2)nc(NS(=O)(=O)c2cccc(N)c2)n1.